The van der Waals surface area contributed by atoms with Gasteiger partial charge in [0.2, 0.25) is 0 Å². The molecule has 4 heteroatoms. The summed E-state index contributed by atoms with van der Waals surface area (Å²) in [6, 6.07) is 72.1. The summed E-state index contributed by atoms with van der Waals surface area (Å²) in [5, 5.41) is 8.36. The largest absolute Gasteiger partial charge is 0.310 e. The fraction of sp³-hybridized carbons (Fsp3) is 0. The predicted molar refractivity (Wildman–Crippen MR) is 235 cm³/mol. The third-order valence-electron chi connectivity index (χ3n) is 10.8. The standard InChI is InChI=1S/C51H33N3S/c1-4-14-34(15-5-1)38-18-12-21-40(32-38)54-45-23-11-10-22-42(45)49-46(24-13-25-47(49)54)53(39-19-8-3-9-20-39)41-30-28-35-26-27-36-29-31-44-50(48(36)43(35)33-41)55-51(52-44)37-16-6-2-7-17-37/h1-33H. The van der Waals surface area contributed by atoms with Crippen LogP contribution < -0.4 is 4.90 Å². The van der Waals surface area contributed by atoms with Crippen molar-refractivity contribution in [3.05, 3.63) is 200 Å². The van der Waals surface area contributed by atoms with Gasteiger partial charge in [-0.3, -0.25) is 0 Å². The highest BCUT2D eigenvalue weighted by Crippen LogP contribution is 2.46. The summed E-state index contributed by atoms with van der Waals surface area (Å²) in [4.78, 5) is 7.54. The Morgan fingerprint density at radius 3 is 1.93 bits per heavy atom. The maximum absolute atomic E-state index is 5.11. The van der Waals surface area contributed by atoms with Gasteiger partial charge in [0, 0.05) is 38.8 Å². The Kier molecular flexibility index (Phi) is 7.35. The number of thiazole rings is 1. The molecule has 2 heterocycles. The van der Waals surface area contributed by atoms with Gasteiger partial charge in [-0.1, -0.05) is 140 Å². The second kappa shape index (κ2) is 12.8. The van der Waals surface area contributed by atoms with Crippen molar-refractivity contribution in [2.75, 3.05) is 4.90 Å². The number of nitrogens with zero attached hydrogens (tertiary/aromatic N) is 3. The molecule has 0 aliphatic carbocycles. The lowest BCUT2D eigenvalue weighted by molar-refractivity contribution is 1.18. The van der Waals surface area contributed by atoms with E-state index in [0.29, 0.717) is 0 Å². The lowest BCUT2D eigenvalue weighted by Crippen LogP contribution is -2.10. The van der Waals surface area contributed by atoms with Gasteiger partial charge in [-0.25, -0.2) is 4.98 Å². The van der Waals surface area contributed by atoms with Crippen molar-refractivity contribution in [3.63, 3.8) is 0 Å². The van der Waals surface area contributed by atoms with Gasteiger partial charge in [0.1, 0.15) is 5.01 Å². The van der Waals surface area contributed by atoms with Crippen LogP contribution in [0.5, 0.6) is 0 Å². The van der Waals surface area contributed by atoms with Gasteiger partial charge < -0.3 is 9.47 Å². The smallest absolute Gasteiger partial charge is 0.124 e. The van der Waals surface area contributed by atoms with Gasteiger partial charge in [-0.05, 0) is 87.9 Å². The molecule has 0 radical (unpaired) electrons. The summed E-state index contributed by atoms with van der Waals surface area (Å²) >= 11 is 1.78. The summed E-state index contributed by atoms with van der Waals surface area (Å²) in [5.74, 6) is 0. The van der Waals surface area contributed by atoms with Crippen molar-refractivity contribution in [3.8, 4) is 27.4 Å². The number of para-hydroxylation sites is 2. The summed E-state index contributed by atoms with van der Waals surface area (Å²) in [5.41, 5.74) is 11.4. The second-order valence-corrected chi connectivity index (χ2v) is 15.0. The third-order valence-corrected chi connectivity index (χ3v) is 11.9. The highest BCUT2D eigenvalue weighted by molar-refractivity contribution is 7.22. The predicted octanol–water partition coefficient (Wildman–Crippen LogP) is 14.5. The van der Waals surface area contributed by atoms with Crippen molar-refractivity contribution in [1.29, 1.82) is 0 Å². The fourth-order valence-electron chi connectivity index (χ4n) is 8.28. The van der Waals surface area contributed by atoms with E-state index in [1.54, 1.807) is 11.3 Å². The molecule has 2 aromatic heterocycles. The Morgan fingerprint density at radius 1 is 0.436 bits per heavy atom. The van der Waals surface area contributed by atoms with Gasteiger partial charge in [0.15, 0.2) is 0 Å². The quantitative estimate of drug-likeness (QED) is 0.160. The molecule has 55 heavy (non-hydrogen) atoms. The molecule has 0 bridgehead atoms. The zero-order chi connectivity index (χ0) is 36.3. The first-order valence-electron chi connectivity index (χ1n) is 18.6. The minimum atomic E-state index is 1.03. The first kappa shape index (κ1) is 31.5. The SMILES string of the molecule is c1ccc(-c2cccc(-n3c4ccccc4c4c(N(c5ccccc5)c5ccc6ccc7ccc8nc(-c9ccccc9)sc8c7c6c5)cccc43)c2)cc1. The normalized spacial score (nSPS) is 11.6. The van der Waals surface area contributed by atoms with Crippen LogP contribution in [0, 0.1) is 0 Å². The van der Waals surface area contributed by atoms with Gasteiger partial charge in [-0.15, -0.1) is 11.3 Å². The van der Waals surface area contributed by atoms with E-state index in [9.17, 15) is 0 Å². The van der Waals surface area contributed by atoms with Crippen LogP contribution >= 0.6 is 11.3 Å². The van der Waals surface area contributed by atoms with Crippen LogP contribution in [0.2, 0.25) is 0 Å². The molecule has 11 rings (SSSR count). The van der Waals surface area contributed by atoms with Crippen LogP contribution in [0.25, 0.3) is 81.0 Å². The molecule has 0 N–H and O–H groups in total. The average molecular weight is 720 g/mol. The molecule has 0 fully saturated rings. The average Bonchev–Trinajstić information content (AvgIpc) is 3.85. The highest BCUT2D eigenvalue weighted by atomic mass is 32.1. The topological polar surface area (TPSA) is 21.1 Å². The van der Waals surface area contributed by atoms with E-state index in [2.05, 4.69) is 210 Å². The van der Waals surface area contributed by atoms with Crippen molar-refractivity contribution in [2.24, 2.45) is 0 Å². The molecule has 0 spiro atoms. The van der Waals surface area contributed by atoms with Crippen LogP contribution in [0.1, 0.15) is 0 Å². The molecule has 3 nitrogen and oxygen atoms in total. The molecule has 11 aromatic rings. The highest BCUT2D eigenvalue weighted by Gasteiger charge is 2.22. The minimum absolute atomic E-state index is 1.03. The van der Waals surface area contributed by atoms with E-state index in [0.717, 1.165) is 44.4 Å². The van der Waals surface area contributed by atoms with Crippen LogP contribution in [0.3, 0.4) is 0 Å². The van der Waals surface area contributed by atoms with Crippen molar-refractivity contribution >= 4 is 82.0 Å². The molecule has 0 saturated carbocycles. The molecule has 258 valence electrons. The van der Waals surface area contributed by atoms with Crippen LogP contribution in [-0.4, -0.2) is 9.55 Å². The van der Waals surface area contributed by atoms with E-state index in [4.69, 9.17) is 4.98 Å². The van der Waals surface area contributed by atoms with Gasteiger partial charge in [0.25, 0.3) is 0 Å². The van der Waals surface area contributed by atoms with Crippen LogP contribution in [-0.2, 0) is 0 Å². The molecule has 0 unspecified atom stereocenters. The Bertz CT molecular complexity index is 3200. The number of fused-ring (bicyclic) bond motifs is 8. The van der Waals surface area contributed by atoms with E-state index in [-0.39, 0.29) is 0 Å². The number of aromatic nitrogens is 2. The van der Waals surface area contributed by atoms with Crippen LogP contribution in [0.15, 0.2) is 200 Å². The molecular formula is C51H33N3S. The van der Waals surface area contributed by atoms with Gasteiger partial charge in [0.05, 0.1) is 26.9 Å². The maximum Gasteiger partial charge on any atom is 0.124 e. The Balaban J connectivity index is 1.16. The Morgan fingerprint density at radius 2 is 1.09 bits per heavy atom. The zero-order valence-corrected chi connectivity index (χ0v) is 30.6. The number of benzene rings is 9. The first-order valence-corrected chi connectivity index (χ1v) is 19.4. The van der Waals surface area contributed by atoms with Crippen molar-refractivity contribution in [2.45, 2.75) is 0 Å². The number of rotatable bonds is 6. The molecular weight excluding hydrogens is 687 g/mol. The third kappa shape index (κ3) is 5.22. The van der Waals surface area contributed by atoms with E-state index in [1.165, 1.54) is 53.7 Å². The molecule has 0 aliphatic heterocycles. The van der Waals surface area contributed by atoms with Gasteiger partial charge >= 0.3 is 0 Å². The Hall–Kier alpha value is -7.01. The van der Waals surface area contributed by atoms with Crippen molar-refractivity contribution < 1.29 is 0 Å². The van der Waals surface area contributed by atoms with E-state index in [1.807, 2.05) is 0 Å². The molecule has 0 aliphatic rings. The van der Waals surface area contributed by atoms with Crippen LogP contribution in [0.4, 0.5) is 17.1 Å². The number of hydrogen-bond acceptors (Lipinski definition) is 3. The summed E-state index contributed by atoms with van der Waals surface area (Å²) in [6.07, 6.45) is 0. The lowest BCUT2D eigenvalue weighted by Gasteiger charge is -2.27. The first-order chi connectivity index (χ1) is 27.3. The molecule has 9 aromatic carbocycles. The maximum atomic E-state index is 5.11. The monoisotopic (exact) mass is 719 g/mol. The fourth-order valence-corrected chi connectivity index (χ4v) is 9.42. The lowest BCUT2D eigenvalue weighted by atomic mass is 10.00. The molecule has 0 atom stereocenters. The minimum Gasteiger partial charge on any atom is -0.310 e. The Labute approximate surface area is 322 Å². The summed E-state index contributed by atoms with van der Waals surface area (Å²) < 4.78 is 3.64. The van der Waals surface area contributed by atoms with E-state index >= 15 is 0 Å². The van der Waals surface area contributed by atoms with Gasteiger partial charge in [-0.2, -0.15) is 0 Å². The number of anilines is 3. The van der Waals surface area contributed by atoms with E-state index < -0.39 is 0 Å². The molecule has 0 saturated heterocycles. The summed E-state index contributed by atoms with van der Waals surface area (Å²) in [6.45, 7) is 0. The molecule has 0 amide bonds. The number of hydrogen-bond donors (Lipinski definition) is 0. The second-order valence-electron chi connectivity index (χ2n) is 14.0. The zero-order valence-electron chi connectivity index (χ0n) is 29.8. The van der Waals surface area contributed by atoms with Crippen molar-refractivity contribution in [1.82, 2.24) is 9.55 Å². The summed E-state index contributed by atoms with van der Waals surface area (Å²) in [7, 11) is 0.